The first-order chi connectivity index (χ1) is 8.90. The van der Waals surface area contributed by atoms with Gasteiger partial charge in [0.25, 0.3) is 0 Å². The Hall–Kier alpha value is -0.820. The Morgan fingerprint density at radius 2 is 1.95 bits per heavy atom. The van der Waals surface area contributed by atoms with Crippen LogP contribution in [0, 0.1) is 0 Å². The average molecular weight is 281 g/mol. The van der Waals surface area contributed by atoms with Crippen molar-refractivity contribution in [3.05, 3.63) is 0 Å². The van der Waals surface area contributed by atoms with Gasteiger partial charge >= 0.3 is 6.18 Å². The van der Waals surface area contributed by atoms with Gasteiger partial charge in [0.1, 0.15) is 0 Å². The third-order valence-corrected chi connectivity index (χ3v) is 3.10. The summed E-state index contributed by atoms with van der Waals surface area (Å²) in [5.74, 6) is -0.363. The number of likely N-dealkylation sites (tertiary alicyclic amines) is 1. The van der Waals surface area contributed by atoms with Crippen molar-refractivity contribution < 1.29 is 18.0 Å². The zero-order valence-corrected chi connectivity index (χ0v) is 11.2. The molecule has 1 rings (SSSR count). The molecule has 7 heteroatoms. The number of carbonyl (C=O) groups is 1. The van der Waals surface area contributed by atoms with Crippen molar-refractivity contribution in [2.24, 2.45) is 0 Å². The van der Waals surface area contributed by atoms with Gasteiger partial charge in [0.2, 0.25) is 5.91 Å². The van der Waals surface area contributed by atoms with E-state index in [1.807, 2.05) is 0 Å². The summed E-state index contributed by atoms with van der Waals surface area (Å²) in [7, 11) is 0. The first-order valence-corrected chi connectivity index (χ1v) is 6.70. The molecule has 0 aromatic rings. The minimum absolute atomic E-state index is 0.0910. The highest BCUT2D eigenvalue weighted by atomic mass is 19.4. The molecule has 0 saturated carbocycles. The maximum Gasteiger partial charge on any atom is 0.401 e. The SMILES string of the molecule is CCCN1CCC(NC(=O)CNCC(F)(F)F)CC1. The van der Waals surface area contributed by atoms with Crippen LogP contribution in [0.2, 0.25) is 0 Å². The number of nitrogens with one attached hydrogen (secondary N) is 2. The van der Waals surface area contributed by atoms with Crippen molar-refractivity contribution >= 4 is 5.91 Å². The molecule has 0 radical (unpaired) electrons. The highest BCUT2D eigenvalue weighted by Crippen LogP contribution is 2.12. The summed E-state index contributed by atoms with van der Waals surface area (Å²) in [6.07, 6.45) is -1.43. The number of amides is 1. The largest absolute Gasteiger partial charge is 0.401 e. The first-order valence-electron chi connectivity index (χ1n) is 6.70. The van der Waals surface area contributed by atoms with E-state index in [0.717, 1.165) is 38.9 Å². The molecule has 19 heavy (non-hydrogen) atoms. The first kappa shape index (κ1) is 16.2. The molecule has 112 valence electrons. The van der Waals surface area contributed by atoms with E-state index in [9.17, 15) is 18.0 Å². The number of nitrogens with zero attached hydrogens (tertiary/aromatic N) is 1. The Labute approximate surface area is 111 Å². The highest BCUT2D eigenvalue weighted by molar-refractivity contribution is 5.78. The minimum atomic E-state index is -4.27. The number of hydrogen-bond acceptors (Lipinski definition) is 3. The lowest BCUT2D eigenvalue weighted by Gasteiger charge is -2.32. The second-order valence-corrected chi connectivity index (χ2v) is 4.90. The number of alkyl halides is 3. The van der Waals surface area contributed by atoms with Gasteiger partial charge < -0.3 is 15.5 Å². The monoisotopic (exact) mass is 281 g/mol. The second kappa shape index (κ2) is 7.69. The molecular formula is C12H22F3N3O. The van der Waals surface area contributed by atoms with E-state index >= 15 is 0 Å². The third kappa shape index (κ3) is 7.37. The molecule has 0 aliphatic carbocycles. The van der Waals surface area contributed by atoms with E-state index in [2.05, 4.69) is 22.5 Å². The predicted molar refractivity (Wildman–Crippen MR) is 66.8 cm³/mol. The fourth-order valence-corrected chi connectivity index (χ4v) is 2.21. The van der Waals surface area contributed by atoms with E-state index in [1.165, 1.54) is 0 Å². The van der Waals surface area contributed by atoms with Gasteiger partial charge in [0.15, 0.2) is 0 Å². The molecule has 1 fully saturated rings. The highest BCUT2D eigenvalue weighted by Gasteiger charge is 2.27. The number of hydrogen-bond donors (Lipinski definition) is 2. The molecule has 0 aromatic carbocycles. The maximum atomic E-state index is 11.9. The van der Waals surface area contributed by atoms with Crippen molar-refractivity contribution in [3.63, 3.8) is 0 Å². The van der Waals surface area contributed by atoms with Crippen LogP contribution in [-0.4, -0.2) is 55.7 Å². The van der Waals surface area contributed by atoms with Crippen molar-refractivity contribution in [1.82, 2.24) is 15.5 Å². The number of rotatable bonds is 6. The molecule has 1 heterocycles. The summed E-state index contributed by atoms with van der Waals surface area (Å²) in [6, 6.07) is 0.0910. The second-order valence-electron chi connectivity index (χ2n) is 4.90. The smallest absolute Gasteiger partial charge is 0.352 e. The molecule has 1 amide bonds. The molecule has 1 saturated heterocycles. The zero-order chi connectivity index (χ0) is 14.3. The molecule has 2 N–H and O–H groups in total. The summed E-state index contributed by atoms with van der Waals surface area (Å²) in [5.41, 5.74) is 0. The van der Waals surface area contributed by atoms with Crippen LogP contribution in [0.4, 0.5) is 13.2 Å². The maximum absolute atomic E-state index is 11.9. The molecule has 4 nitrogen and oxygen atoms in total. The Morgan fingerprint density at radius 3 is 2.47 bits per heavy atom. The molecule has 1 aliphatic heterocycles. The van der Waals surface area contributed by atoms with Gasteiger partial charge in [-0.1, -0.05) is 6.92 Å². The molecule has 0 atom stereocenters. The lowest BCUT2D eigenvalue weighted by molar-refractivity contribution is -0.128. The summed E-state index contributed by atoms with van der Waals surface area (Å²) < 4.78 is 35.6. The molecule has 0 unspecified atom stereocenters. The Balaban J connectivity index is 2.13. The predicted octanol–water partition coefficient (Wildman–Crippen LogP) is 1.13. The van der Waals surface area contributed by atoms with Gasteiger partial charge in [-0.05, 0) is 25.8 Å². The lowest BCUT2D eigenvalue weighted by atomic mass is 10.0. The normalized spacial score (nSPS) is 18.5. The van der Waals surface area contributed by atoms with E-state index in [4.69, 9.17) is 0 Å². The minimum Gasteiger partial charge on any atom is -0.352 e. The number of carbonyl (C=O) groups excluding carboxylic acids is 1. The zero-order valence-electron chi connectivity index (χ0n) is 11.2. The quantitative estimate of drug-likeness (QED) is 0.767. The standard InChI is InChI=1S/C12H22F3N3O/c1-2-5-18-6-3-10(4-7-18)17-11(19)8-16-9-12(13,14)15/h10,16H,2-9H2,1H3,(H,17,19). The topological polar surface area (TPSA) is 44.4 Å². The van der Waals surface area contributed by atoms with Crippen molar-refractivity contribution in [2.75, 3.05) is 32.7 Å². The third-order valence-electron chi connectivity index (χ3n) is 3.10. The molecule has 0 bridgehead atoms. The van der Waals surface area contributed by atoms with Gasteiger partial charge in [0, 0.05) is 19.1 Å². The van der Waals surface area contributed by atoms with E-state index in [-0.39, 0.29) is 18.5 Å². The van der Waals surface area contributed by atoms with Crippen LogP contribution in [0.15, 0.2) is 0 Å². The van der Waals surface area contributed by atoms with Crippen LogP contribution in [0.5, 0.6) is 0 Å². The Morgan fingerprint density at radius 1 is 1.32 bits per heavy atom. The summed E-state index contributed by atoms with van der Waals surface area (Å²) in [5, 5.41) is 4.87. The van der Waals surface area contributed by atoms with Crippen molar-refractivity contribution in [2.45, 2.75) is 38.4 Å². The summed E-state index contributed by atoms with van der Waals surface area (Å²) in [6.45, 7) is 3.65. The lowest BCUT2D eigenvalue weighted by Crippen LogP contribution is -2.47. The van der Waals surface area contributed by atoms with E-state index in [0.29, 0.717) is 0 Å². The number of halogens is 3. The van der Waals surface area contributed by atoms with Crippen LogP contribution in [-0.2, 0) is 4.79 Å². The van der Waals surface area contributed by atoms with Gasteiger partial charge in [0.05, 0.1) is 13.1 Å². The fourth-order valence-electron chi connectivity index (χ4n) is 2.21. The summed E-state index contributed by atoms with van der Waals surface area (Å²) >= 11 is 0. The van der Waals surface area contributed by atoms with Crippen LogP contribution in [0.3, 0.4) is 0 Å². The van der Waals surface area contributed by atoms with Gasteiger partial charge in [-0.3, -0.25) is 4.79 Å². The Bertz CT molecular complexity index is 276. The summed E-state index contributed by atoms with van der Waals surface area (Å²) in [4.78, 5) is 13.8. The van der Waals surface area contributed by atoms with Crippen LogP contribution >= 0.6 is 0 Å². The van der Waals surface area contributed by atoms with E-state index in [1.54, 1.807) is 0 Å². The Kier molecular flexibility index (Phi) is 6.57. The molecule has 1 aliphatic rings. The van der Waals surface area contributed by atoms with E-state index < -0.39 is 12.7 Å². The van der Waals surface area contributed by atoms with Crippen molar-refractivity contribution in [3.8, 4) is 0 Å². The molecule has 0 spiro atoms. The molecule has 0 aromatic heterocycles. The van der Waals surface area contributed by atoms with Gasteiger partial charge in [-0.15, -0.1) is 0 Å². The molecular weight excluding hydrogens is 259 g/mol. The number of piperidine rings is 1. The fraction of sp³-hybridized carbons (Fsp3) is 0.917. The van der Waals surface area contributed by atoms with Crippen LogP contribution < -0.4 is 10.6 Å². The van der Waals surface area contributed by atoms with Crippen molar-refractivity contribution in [1.29, 1.82) is 0 Å². The van der Waals surface area contributed by atoms with Crippen LogP contribution in [0.25, 0.3) is 0 Å². The van der Waals surface area contributed by atoms with Gasteiger partial charge in [-0.25, -0.2) is 0 Å². The van der Waals surface area contributed by atoms with Gasteiger partial charge in [-0.2, -0.15) is 13.2 Å². The average Bonchev–Trinajstić information content (AvgIpc) is 2.30. The van der Waals surface area contributed by atoms with Crippen LogP contribution in [0.1, 0.15) is 26.2 Å².